The standard InChI is InChI=1S/C25H30N4O4/c1-32-22-10-3-16(13-23(22)33-2)15-28-25(31)20-14-17(24-26-11-12-27-24)4-9-21(20)29-18-5-7-19(30)8-6-18/h3-4,9-14,18-19,29-30H,5-8,15H2,1-2H3,(H,26,27)(H,28,31). The Morgan fingerprint density at radius 3 is 2.58 bits per heavy atom. The lowest BCUT2D eigenvalue weighted by Crippen LogP contribution is -2.30. The number of aliphatic hydroxyl groups excluding tert-OH is 1. The summed E-state index contributed by atoms with van der Waals surface area (Å²) in [4.78, 5) is 20.7. The molecule has 0 saturated heterocycles. The van der Waals surface area contributed by atoms with Crippen LogP contribution in [0.3, 0.4) is 0 Å². The highest BCUT2D eigenvalue weighted by atomic mass is 16.5. The Bertz CT molecular complexity index is 1080. The van der Waals surface area contributed by atoms with Gasteiger partial charge in [0.05, 0.1) is 25.9 Å². The van der Waals surface area contributed by atoms with Gasteiger partial charge in [-0.3, -0.25) is 4.79 Å². The average Bonchev–Trinajstić information content (AvgIpc) is 3.39. The summed E-state index contributed by atoms with van der Waals surface area (Å²) >= 11 is 0. The van der Waals surface area contributed by atoms with Crippen molar-refractivity contribution in [2.24, 2.45) is 0 Å². The van der Waals surface area contributed by atoms with Crippen molar-refractivity contribution in [2.45, 2.75) is 44.4 Å². The molecule has 2 aromatic carbocycles. The van der Waals surface area contributed by atoms with Gasteiger partial charge in [-0.05, 0) is 61.6 Å². The Labute approximate surface area is 193 Å². The van der Waals surface area contributed by atoms with E-state index in [1.807, 2.05) is 36.4 Å². The van der Waals surface area contributed by atoms with Crippen LogP contribution in [0, 0.1) is 0 Å². The van der Waals surface area contributed by atoms with Crippen LogP contribution < -0.4 is 20.1 Å². The molecule has 4 rings (SSSR count). The fourth-order valence-corrected chi connectivity index (χ4v) is 4.14. The van der Waals surface area contributed by atoms with Crippen LogP contribution in [-0.4, -0.2) is 47.3 Å². The van der Waals surface area contributed by atoms with Gasteiger partial charge in [0.1, 0.15) is 5.82 Å². The van der Waals surface area contributed by atoms with Crippen molar-refractivity contribution in [1.82, 2.24) is 15.3 Å². The van der Waals surface area contributed by atoms with Crippen molar-refractivity contribution in [3.05, 3.63) is 59.9 Å². The summed E-state index contributed by atoms with van der Waals surface area (Å²) in [5.41, 5.74) is 3.06. The minimum absolute atomic E-state index is 0.184. The molecule has 1 heterocycles. The molecule has 1 saturated carbocycles. The van der Waals surface area contributed by atoms with Gasteiger partial charge in [-0.1, -0.05) is 6.07 Å². The van der Waals surface area contributed by atoms with Crippen molar-refractivity contribution in [1.29, 1.82) is 0 Å². The quantitative estimate of drug-likeness (QED) is 0.416. The lowest BCUT2D eigenvalue weighted by molar-refractivity contribution is 0.0951. The van der Waals surface area contributed by atoms with Crippen LogP contribution in [0.25, 0.3) is 11.4 Å². The summed E-state index contributed by atoms with van der Waals surface area (Å²) in [5.74, 6) is 1.78. The van der Waals surface area contributed by atoms with E-state index in [9.17, 15) is 9.90 Å². The first kappa shape index (κ1) is 22.7. The molecule has 0 bridgehead atoms. The van der Waals surface area contributed by atoms with E-state index in [0.29, 0.717) is 29.4 Å². The number of aromatic amines is 1. The van der Waals surface area contributed by atoms with E-state index >= 15 is 0 Å². The monoisotopic (exact) mass is 450 g/mol. The molecule has 174 valence electrons. The Balaban J connectivity index is 1.54. The van der Waals surface area contributed by atoms with Crippen molar-refractivity contribution in [3.8, 4) is 22.9 Å². The molecule has 3 aromatic rings. The molecule has 1 aliphatic rings. The van der Waals surface area contributed by atoms with Crippen LogP contribution in [-0.2, 0) is 6.54 Å². The highest BCUT2D eigenvalue weighted by molar-refractivity contribution is 6.00. The third-order valence-electron chi connectivity index (χ3n) is 5.99. The molecule has 0 radical (unpaired) electrons. The smallest absolute Gasteiger partial charge is 0.253 e. The van der Waals surface area contributed by atoms with Gasteiger partial charge in [-0.15, -0.1) is 0 Å². The molecule has 8 nitrogen and oxygen atoms in total. The van der Waals surface area contributed by atoms with Gasteiger partial charge in [-0.25, -0.2) is 4.98 Å². The number of anilines is 1. The topological polar surface area (TPSA) is 108 Å². The molecule has 1 amide bonds. The van der Waals surface area contributed by atoms with Crippen molar-refractivity contribution >= 4 is 11.6 Å². The first-order chi connectivity index (χ1) is 16.1. The zero-order valence-electron chi connectivity index (χ0n) is 18.9. The number of nitrogens with one attached hydrogen (secondary N) is 3. The number of amides is 1. The van der Waals surface area contributed by atoms with E-state index in [2.05, 4.69) is 20.6 Å². The first-order valence-corrected chi connectivity index (χ1v) is 11.1. The normalized spacial score (nSPS) is 17.9. The molecule has 0 atom stereocenters. The maximum atomic E-state index is 13.3. The maximum Gasteiger partial charge on any atom is 0.253 e. The molecular formula is C25H30N4O4. The van der Waals surface area contributed by atoms with Crippen LogP contribution in [0.15, 0.2) is 48.8 Å². The van der Waals surface area contributed by atoms with E-state index in [-0.39, 0.29) is 18.1 Å². The number of ether oxygens (including phenoxy) is 2. The number of aromatic nitrogens is 2. The van der Waals surface area contributed by atoms with Gasteiger partial charge < -0.3 is 30.2 Å². The minimum Gasteiger partial charge on any atom is -0.493 e. The fourth-order valence-electron chi connectivity index (χ4n) is 4.14. The minimum atomic E-state index is -0.228. The van der Waals surface area contributed by atoms with Crippen molar-refractivity contribution in [3.63, 3.8) is 0 Å². The van der Waals surface area contributed by atoms with Gasteiger partial charge in [0, 0.05) is 36.2 Å². The lowest BCUT2D eigenvalue weighted by atomic mass is 9.92. The second-order valence-electron chi connectivity index (χ2n) is 8.22. The molecule has 0 aliphatic heterocycles. The van der Waals surface area contributed by atoms with E-state index in [4.69, 9.17) is 9.47 Å². The summed E-state index contributed by atoms with van der Waals surface area (Å²) in [6.45, 7) is 0.346. The van der Waals surface area contributed by atoms with Gasteiger partial charge in [0.2, 0.25) is 0 Å². The maximum absolute atomic E-state index is 13.3. The van der Waals surface area contributed by atoms with E-state index in [1.54, 1.807) is 26.6 Å². The molecule has 1 aromatic heterocycles. The molecule has 33 heavy (non-hydrogen) atoms. The van der Waals surface area contributed by atoms with Crippen LogP contribution in [0.5, 0.6) is 11.5 Å². The Morgan fingerprint density at radius 1 is 1.09 bits per heavy atom. The highest BCUT2D eigenvalue weighted by Crippen LogP contribution is 2.29. The van der Waals surface area contributed by atoms with Crippen molar-refractivity contribution in [2.75, 3.05) is 19.5 Å². The third kappa shape index (κ3) is 5.46. The van der Waals surface area contributed by atoms with Crippen molar-refractivity contribution < 1.29 is 19.4 Å². The van der Waals surface area contributed by atoms with E-state index in [0.717, 1.165) is 42.5 Å². The van der Waals surface area contributed by atoms with Crippen LogP contribution in [0.4, 0.5) is 5.69 Å². The number of methoxy groups -OCH3 is 2. The summed E-state index contributed by atoms with van der Waals surface area (Å²) in [6, 6.07) is 11.5. The van der Waals surface area contributed by atoms with Gasteiger partial charge in [0.25, 0.3) is 5.91 Å². The number of carbonyl (C=O) groups is 1. The first-order valence-electron chi connectivity index (χ1n) is 11.1. The number of H-pyrrole nitrogens is 1. The van der Waals surface area contributed by atoms with Gasteiger partial charge >= 0.3 is 0 Å². The second kappa shape index (κ2) is 10.4. The lowest BCUT2D eigenvalue weighted by Gasteiger charge is -2.28. The second-order valence-corrected chi connectivity index (χ2v) is 8.22. The summed E-state index contributed by atoms with van der Waals surface area (Å²) < 4.78 is 10.6. The van der Waals surface area contributed by atoms with Crippen LogP contribution >= 0.6 is 0 Å². The highest BCUT2D eigenvalue weighted by Gasteiger charge is 2.22. The summed E-state index contributed by atoms with van der Waals surface area (Å²) in [7, 11) is 3.18. The fraction of sp³-hybridized carbons (Fsp3) is 0.360. The Kier molecular flexibility index (Phi) is 7.14. The predicted molar refractivity (Wildman–Crippen MR) is 127 cm³/mol. The zero-order valence-corrected chi connectivity index (χ0v) is 18.9. The Hall–Kier alpha value is -3.52. The third-order valence-corrected chi connectivity index (χ3v) is 5.99. The number of hydrogen-bond acceptors (Lipinski definition) is 6. The largest absolute Gasteiger partial charge is 0.493 e. The molecule has 1 aliphatic carbocycles. The van der Waals surface area contributed by atoms with E-state index in [1.165, 1.54) is 0 Å². The van der Waals surface area contributed by atoms with Gasteiger partial charge in [-0.2, -0.15) is 0 Å². The predicted octanol–water partition coefficient (Wildman–Crippen LogP) is 3.74. The molecule has 4 N–H and O–H groups in total. The van der Waals surface area contributed by atoms with Gasteiger partial charge in [0.15, 0.2) is 11.5 Å². The summed E-state index contributed by atoms with van der Waals surface area (Å²) in [5, 5.41) is 16.3. The number of hydrogen-bond donors (Lipinski definition) is 4. The van der Waals surface area contributed by atoms with Crippen LogP contribution in [0.1, 0.15) is 41.6 Å². The number of benzene rings is 2. The molecule has 1 fully saturated rings. The molecule has 0 unspecified atom stereocenters. The molecular weight excluding hydrogens is 420 g/mol. The zero-order chi connectivity index (χ0) is 23.2. The summed E-state index contributed by atoms with van der Waals surface area (Å²) in [6.07, 6.45) is 6.49. The number of nitrogens with zero attached hydrogens (tertiary/aromatic N) is 1. The SMILES string of the molecule is COc1ccc(CNC(=O)c2cc(-c3ncc[nH]3)ccc2NC2CCC(O)CC2)cc1OC. The number of carbonyl (C=O) groups excluding carboxylic acids is 1. The molecule has 0 spiro atoms. The number of aliphatic hydroxyl groups is 1. The van der Waals surface area contributed by atoms with Crippen LogP contribution in [0.2, 0.25) is 0 Å². The number of imidazole rings is 1. The number of rotatable bonds is 8. The Morgan fingerprint density at radius 2 is 1.88 bits per heavy atom. The van der Waals surface area contributed by atoms with E-state index < -0.39 is 0 Å². The molecule has 8 heteroatoms. The average molecular weight is 451 g/mol.